The van der Waals surface area contributed by atoms with Crippen LogP contribution in [0.2, 0.25) is 5.82 Å². The maximum Gasteiger partial charge on any atom is 1.00 e. The van der Waals surface area contributed by atoms with Gasteiger partial charge in [0.15, 0.2) is 0 Å². The van der Waals surface area contributed by atoms with E-state index < -0.39 is 18.4 Å². The van der Waals surface area contributed by atoms with E-state index in [0.717, 1.165) is 0 Å². The van der Waals surface area contributed by atoms with Crippen LogP contribution in [0, 0.1) is 5.92 Å². The Balaban J connectivity index is 0.00000144. The van der Waals surface area contributed by atoms with Crippen molar-refractivity contribution >= 4 is 6.98 Å². The smallest absolute Gasteiger partial charge is 0.449 e. The Bertz CT molecular complexity index is 154. The van der Waals surface area contributed by atoms with Gasteiger partial charge >= 0.3 is 58.4 Å². The van der Waals surface area contributed by atoms with Crippen molar-refractivity contribution in [1.82, 2.24) is 0 Å². The van der Waals surface area contributed by atoms with Crippen molar-refractivity contribution in [2.24, 2.45) is 5.92 Å². The van der Waals surface area contributed by atoms with E-state index in [1.165, 1.54) is 0 Å². The van der Waals surface area contributed by atoms with E-state index in [0.29, 0.717) is 0 Å². The van der Waals surface area contributed by atoms with Crippen LogP contribution in [-0.4, -0.2) is 17.7 Å². The summed E-state index contributed by atoms with van der Waals surface area (Å²) in [5, 5.41) is 9.36. The van der Waals surface area contributed by atoms with Gasteiger partial charge in [-0.25, -0.2) is 0 Å². The third-order valence-corrected chi connectivity index (χ3v) is 2.71. The zero-order chi connectivity index (χ0) is 9.57. The molecule has 1 N–H and O–H groups in total. The van der Waals surface area contributed by atoms with Crippen LogP contribution in [0.15, 0.2) is 0 Å². The van der Waals surface area contributed by atoms with Gasteiger partial charge in [0.2, 0.25) is 0 Å². The van der Waals surface area contributed by atoms with Gasteiger partial charge in [-0.2, -0.15) is 0 Å². The third kappa shape index (κ3) is 3.83. The van der Waals surface area contributed by atoms with Gasteiger partial charge in [0, 0.05) is 0 Å². The topological polar surface area (TPSA) is 20.2 Å². The first kappa shape index (κ1) is 14.5. The Morgan fingerprint density at radius 3 is 1.85 bits per heavy atom. The molecule has 13 heavy (non-hydrogen) atoms. The van der Waals surface area contributed by atoms with E-state index in [-0.39, 0.29) is 70.1 Å². The zero-order valence-corrected chi connectivity index (χ0v) is 11.4. The first-order chi connectivity index (χ1) is 5.21. The molecule has 1 fully saturated rings. The predicted octanol–water partition coefficient (Wildman–Crippen LogP) is -0.611. The molecule has 0 aromatic carbocycles. The predicted molar refractivity (Wildman–Crippen MR) is 41.8 cm³/mol. The van der Waals surface area contributed by atoms with E-state index in [4.69, 9.17) is 0 Å². The van der Waals surface area contributed by atoms with Crippen LogP contribution < -0.4 is 51.4 Å². The second kappa shape index (κ2) is 4.53. The van der Waals surface area contributed by atoms with Gasteiger partial charge in [-0.05, 0) is 19.8 Å². The molecule has 1 saturated carbocycles. The molecule has 72 valence electrons. The standard InChI is InChI=1S/C7H13BF3O.K/c1-7(2,12)5-3-6(4-5)8(9,10)11;/h5-6,12H,3-4H2,1-2H3;/q-1;+1. The molecule has 1 nitrogen and oxygen atoms in total. The summed E-state index contributed by atoms with van der Waals surface area (Å²) in [6.45, 7) is -1.54. The van der Waals surface area contributed by atoms with Gasteiger partial charge in [0.25, 0.3) is 0 Å². The van der Waals surface area contributed by atoms with Gasteiger partial charge in [-0.3, -0.25) is 0 Å². The first-order valence-electron chi connectivity index (χ1n) is 4.13. The Hall–Kier alpha value is 1.45. The maximum atomic E-state index is 12.0. The van der Waals surface area contributed by atoms with Crippen molar-refractivity contribution in [2.45, 2.75) is 38.1 Å². The van der Waals surface area contributed by atoms with Gasteiger partial charge in [-0.1, -0.05) is 18.7 Å². The maximum absolute atomic E-state index is 12.0. The molecule has 0 amide bonds. The fourth-order valence-corrected chi connectivity index (χ4v) is 1.55. The monoisotopic (exact) mass is 220 g/mol. The summed E-state index contributed by atoms with van der Waals surface area (Å²) < 4.78 is 36.1. The fraction of sp³-hybridized carbons (Fsp3) is 1.00. The molecule has 1 aliphatic carbocycles. The van der Waals surface area contributed by atoms with E-state index >= 15 is 0 Å². The van der Waals surface area contributed by atoms with Crippen molar-refractivity contribution in [1.29, 1.82) is 0 Å². The summed E-state index contributed by atoms with van der Waals surface area (Å²) in [5.74, 6) is -1.30. The van der Waals surface area contributed by atoms with E-state index in [1.807, 2.05) is 0 Å². The first-order valence-corrected chi connectivity index (χ1v) is 4.13. The molecule has 0 aliphatic heterocycles. The normalized spacial score (nSPS) is 29.1. The Labute approximate surface area is 119 Å². The minimum Gasteiger partial charge on any atom is -0.449 e. The molecule has 0 aromatic heterocycles. The molecular weight excluding hydrogens is 207 g/mol. The number of hydrogen-bond acceptors (Lipinski definition) is 1. The number of halogens is 3. The summed E-state index contributed by atoms with van der Waals surface area (Å²) in [6, 6.07) is 0. The minimum absolute atomic E-state index is 0. The van der Waals surface area contributed by atoms with Crippen LogP contribution in [0.5, 0.6) is 0 Å². The molecule has 0 spiro atoms. The Morgan fingerprint density at radius 1 is 1.23 bits per heavy atom. The average Bonchev–Trinajstić information content (AvgIpc) is 1.46. The molecule has 0 unspecified atom stereocenters. The molecule has 0 bridgehead atoms. The van der Waals surface area contributed by atoms with Crippen LogP contribution in [-0.2, 0) is 0 Å². The number of rotatable bonds is 2. The molecule has 0 saturated heterocycles. The summed E-state index contributed by atoms with van der Waals surface area (Å²) in [5.41, 5.74) is -0.947. The molecule has 0 aromatic rings. The molecule has 0 atom stereocenters. The Kier molecular flexibility index (Phi) is 5.04. The SMILES string of the molecule is CC(C)(O)C1CC([B-](F)(F)F)C1.[K+]. The van der Waals surface area contributed by atoms with Crippen molar-refractivity contribution in [3.63, 3.8) is 0 Å². The molecule has 1 rings (SSSR count). The van der Waals surface area contributed by atoms with Crippen molar-refractivity contribution < 1.29 is 69.4 Å². The van der Waals surface area contributed by atoms with Crippen molar-refractivity contribution in [3.8, 4) is 0 Å². The quantitative estimate of drug-likeness (QED) is 0.615. The van der Waals surface area contributed by atoms with Crippen LogP contribution in [0.1, 0.15) is 26.7 Å². The van der Waals surface area contributed by atoms with Crippen LogP contribution >= 0.6 is 0 Å². The Morgan fingerprint density at radius 2 is 1.62 bits per heavy atom. The summed E-state index contributed by atoms with van der Waals surface area (Å²) >= 11 is 0. The summed E-state index contributed by atoms with van der Waals surface area (Å²) in [7, 11) is 0. The van der Waals surface area contributed by atoms with Gasteiger partial charge in [0.1, 0.15) is 0 Å². The largest absolute Gasteiger partial charge is 1.00 e. The van der Waals surface area contributed by atoms with Gasteiger partial charge < -0.3 is 18.1 Å². The van der Waals surface area contributed by atoms with Gasteiger partial charge in [-0.15, -0.1) is 0 Å². The molecule has 0 heterocycles. The second-order valence-corrected chi connectivity index (χ2v) is 4.21. The number of aliphatic hydroxyl groups is 1. The van der Waals surface area contributed by atoms with E-state index in [9.17, 15) is 18.1 Å². The van der Waals surface area contributed by atoms with Crippen LogP contribution in [0.25, 0.3) is 0 Å². The van der Waals surface area contributed by atoms with Crippen LogP contribution in [0.3, 0.4) is 0 Å². The minimum atomic E-state index is -4.67. The van der Waals surface area contributed by atoms with Crippen molar-refractivity contribution in [2.75, 3.05) is 0 Å². The summed E-state index contributed by atoms with van der Waals surface area (Å²) in [4.78, 5) is 0. The molecule has 0 radical (unpaired) electrons. The molecular formula is C7H13BF3KO. The summed E-state index contributed by atoms with van der Waals surface area (Å²) in [6.07, 6.45) is 0.208. The average molecular weight is 220 g/mol. The van der Waals surface area contributed by atoms with Crippen molar-refractivity contribution in [3.05, 3.63) is 0 Å². The van der Waals surface area contributed by atoms with E-state index in [2.05, 4.69) is 0 Å². The van der Waals surface area contributed by atoms with Crippen LogP contribution in [0.4, 0.5) is 12.9 Å². The molecule has 6 heteroatoms. The fourth-order valence-electron chi connectivity index (χ4n) is 1.55. The third-order valence-electron chi connectivity index (χ3n) is 2.71. The second-order valence-electron chi connectivity index (χ2n) is 4.21. The zero-order valence-electron chi connectivity index (χ0n) is 8.23. The van der Waals surface area contributed by atoms with E-state index in [1.54, 1.807) is 13.8 Å². The molecule has 1 aliphatic rings. The van der Waals surface area contributed by atoms with Gasteiger partial charge in [0.05, 0.1) is 5.60 Å². The number of hydrogen-bond donors (Lipinski definition) is 1.